The average Bonchev–Trinajstić information content (AvgIpc) is 4.02. The van der Waals surface area contributed by atoms with E-state index in [1.165, 1.54) is 116 Å². The first-order valence-electron chi connectivity index (χ1n) is 24.9. The molecule has 11 aromatic rings. The molecule has 3 aliphatic rings. The van der Waals surface area contributed by atoms with Gasteiger partial charge in [-0.3, -0.25) is 0 Å². The maximum atomic E-state index is 2.52. The predicted octanol–water partition coefficient (Wildman–Crippen LogP) is 17.6. The van der Waals surface area contributed by atoms with Crippen molar-refractivity contribution in [1.82, 2.24) is 9.13 Å². The van der Waals surface area contributed by atoms with E-state index in [1.807, 2.05) is 0 Å². The predicted molar refractivity (Wildman–Crippen MR) is 297 cm³/mol. The molecular formula is C66H54N4. The molecule has 0 saturated carbocycles. The summed E-state index contributed by atoms with van der Waals surface area (Å²) in [6.07, 6.45) is 8.83. The van der Waals surface area contributed by atoms with Gasteiger partial charge in [-0.25, -0.2) is 0 Å². The summed E-state index contributed by atoms with van der Waals surface area (Å²) in [6.45, 7) is 9.49. The molecule has 9 aromatic carbocycles. The maximum absolute atomic E-state index is 2.52. The maximum Gasteiger partial charge on any atom is 0.0742 e. The van der Waals surface area contributed by atoms with Crippen LogP contribution in [0.5, 0.6) is 0 Å². The third-order valence-corrected chi connectivity index (χ3v) is 16.5. The summed E-state index contributed by atoms with van der Waals surface area (Å²) in [7, 11) is 4.55. The number of nitrogens with zero attached hydrogens (tertiary/aromatic N) is 4. The molecule has 0 bridgehead atoms. The van der Waals surface area contributed by atoms with Crippen molar-refractivity contribution in [3.8, 4) is 22.3 Å². The van der Waals surface area contributed by atoms with Gasteiger partial charge in [0.2, 0.25) is 0 Å². The monoisotopic (exact) mass is 902 g/mol. The number of rotatable bonds is 6. The average molecular weight is 903 g/mol. The van der Waals surface area contributed by atoms with E-state index in [2.05, 4.69) is 255 Å². The fourth-order valence-electron chi connectivity index (χ4n) is 13.1. The molecule has 0 aliphatic heterocycles. The third-order valence-electron chi connectivity index (χ3n) is 16.5. The van der Waals surface area contributed by atoms with Gasteiger partial charge in [-0.1, -0.05) is 155 Å². The van der Waals surface area contributed by atoms with E-state index in [0.717, 1.165) is 29.9 Å². The number of hydrogen-bond donors (Lipinski definition) is 0. The molecule has 4 heteroatoms. The molecule has 0 unspecified atom stereocenters. The molecule has 0 atom stereocenters. The normalized spacial score (nSPS) is 15.1. The van der Waals surface area contributed by atoms with Crippen LogP contribution in [0.1, 0.15) is 62.8 Å². The smallest absolute Gasteiger partial charge is 0.0742 e. The van der Waals surface area contributed by atoms with Crippen LogP contribution in [0.2, 0.25) is 0 Å². The van der Waals surface area contributed by atoms with Gasteiger partial charge in [-0.15, -0.1) is 0 Å². The molecule has 4 nitrogen and oxygen atoms in total. The van der Waals surface area contributed by atoms with Gasteiger partial charge in [0.1, 0.15) is 0 Å². The van der Waals surface area contributed by atoms with Gasteiger partial charge in [-0.2, -0.15) is 0 Å². The van der Waals surface area contributed by atoms with Crippen LogP contribution in [0.4, 0.5) is 28.4 Å². The SMILES string of the molecule is Cn1c2cc(N(C3=CC=CCC3)c3ccc4c(c3)C(C)(C)c3ccccc3-4)ccc2c2c3ccccc3c3c4ccc(N(c5ccccc5)c5ccc6c(c5)C(C)(C)c5ccccc5-6)cc4n(C)c3c21. The number of anilines is 5. The van der Waals surface area contributed by atoms with Gasteiger partial charge in [-0.05, 0) is 135 Å². The Morgan fingerprint density at radius 2 is 0.843 bits per heavy atom. The summed E-state index contributed by atoms with van der Waals surface area (Å²) in [5.74, 6) is 0. The summed E-state index contributed by atoms with van der Waals surface area (Å²) in [4.78, 5) is 4.96. The topological polar surface area (TPSA) is 16.3 Å². The van der Waals surface area contributed by atoms with Crippen molar-refractivity contribution in [3.63, 3.8) is 0 Å². The summed E-state index contributed by atoms with van der Waals surface area (Å²) in [5.41, 5.74) is 22.7. The summed E-state index contributed by atoms with van der Waals surface area (Å²) in [6, 6.07) is 66.3. The Morgan fingerprint density at radius 1 is 0.400 bits per heavy atom. The van der Waals surface area contributed by atoms with Gasteiger partial charge >= 0.3 is 0 Å². The number of hydrogen-bond acceptors (Lipinski definition) is 2. The van der Waals surface area contributed by atoms with Gasteiger partial charge in [0.15, 0.2) is 0 Å². The van der Waals surface area contributed by atoms with Crippen LogP contribution in [0, 0.1) is 0 Å². The van der Waals surface area contributed by atoms with Crippen molar-refractivity contribution in [3.05, 3.63) is 222 Å². The number of fused-ring (bicyclic) bond motifs is 16. The molecule has 0 saturated heterocycles. The first kappa shape index (κ1) is 40.9. The summed E-state index contributed by atoms with van der Waals surface area (Å²) < 4.78 is 4.93. The second-order valence-electron chi connectivity index (χ2n) is 20.9. The lowest BCUT2D eigenvalue weighted by Gasteiger charge is -2.30. The standard InChI is InChI=1S/C66H54N4/c1-65(2)55-27-17-15-23-47(55)49-33-29-43(37-57(49)65)69(41-19-9-7-10-20-41)45-31-35-53-59(39-45)67(5)63-61(53)51-25-13-14-26-52(51)62-54-36-32-46(40-60(54)68(6)64(62)63)70(42-21-11-8-12-22-42)44-30-34-50-48-24-16-18-28-56(48)66(3,4)58(50)38-44/h7-11,13-21,23-40H,12,22H2,1-6H3. The molecule has 0 fully saturated rings. The lowest BCUT2D eigenvalue weighted by Crippen LogP contribution is -2.19. The molecule has 0 N–H and O–H groups in total. The van der Waals surface area contributed by atoms with E-state index in [0.29, 0.717) is 0 Å². The van der Waals surface area contributed by atoms with Crippen LogP contribution in [-0.2, 0) is 24.9 Å². The van der Waals surface area contributed by atoms with Crippen molar-refractivity contribution in [1.29, 1.82) is 0 Å². The Kier molecular flexibility index (Phi) is 8.61. The van der Waals surface area contributed by atoms with E-state index in [1.54, 1.807) is 0 Å². The summed E-state index contributed by atoms with van der Waals surface area (Å²) >= 11 is 0. The van der Waals surface area contributed by atoms with E-state index >= 15 is 0 Å². The van der Waals surface area contributed by atoms with Gasteiger partial charge in [0.05, 0.1) is 22.1 Å². The van der Waals surface area contributed by atoms with Crippen molar-refractivity contribution in [2.24, 2.45) is 14.1 Å². The van der Waals surface area contributed by atoms with Crippen molar-refractivity contribution >= 4 is 82.8 Å². The first-order valence-corrected chi connectivity index (χ1v) is 24.9. The second-order valence-corrected chi connectivity index (χ2v) is 20.9. The molecule has 0 radical (unpaired) electrons. The molecule has 70 heavy (non-hydrogen) atoms. The Morgan fingerprint density at radius 3 is 1.37 bits per heavy atom. The molecule has 14 rings (SSSR count). The van der Waals surface area contributed by atoms with Crippen LogP contribution in [0.25, 0.3) is 76.6 Å². The Hall–Kier alpha value is -8.08. The van der Waals surface area contributed by atoms with Crippen LogP contribution < -0.4 is 9.80 Å². The molecule has 2 aromatic heterocycles. The fourth-order valence-corrected chi connectivity index (χ4v) is 13.1. The highest BCUT2D eigenvalue weighted by Crippen LogP contribution is 2.53. The molecule has 0 spiro atoms. The Balaban J connectivity index is 0.960. The van der Waals surface area contributed by atoms with Gasteiger partial charge < -0.3 is 18.9 Å². The zero-order valence-corrected chi connectivity index (χ0v) is 40.7. The fraction of sp³-hybridized carbons (Fsp3) is 0.152. The van der Waals surface area contributed by atoms with E-state index < -0.39 is 0 Å². The molecule has 0 amide bonds. The Labute approximate surface area is 409 Å². The minimum absolute atomic E-state index is 0.0914. The van der Waals surface area contributed by atoms with E-state index in [-0.39, 0.29) is 10.8 Å². The molecule has 338 valence electrons. The van der Waals surface area contributed by atoms with Crippen molar-refractivity contribution < 1.29 is 0 Å². The number of para-hydroxylation sites is 1. The van der Waals surface area contributed by atoms with Crippen LogP contribution in [0.15, 0.2) is 200 Å². The largest absolute Gasteiger partial charge is 0.342 e. The molecule has 2 heterocycles. The highest BCUT2D eigenvalue weighted by Gasteiger charge is 2.37. The number of benzene rings is 9. The minimum atomic E-state index is -0.106. The molecule has 3 aliphatic carbocycles. The number of aromatic nitrogens is 2. The third kappa shape index (κ3) is 5.59. The zero-order chi connectivity index (χ0) is 47.2. The quantitative estimate of drug-likeness (QED) is 0.165. The van der Waals surface area contributed by atoms with Crippen molar-refractivity contribution in [2.75, 3.05) is 9.80 Å². The Bertz CT molecular complexity index is 4100. The van der Waals surface area contributed by atoms with Gasteiger partial charge in [0, 0.05) is 80.6 Å². The van der Waals surface area contributed by atoms with E-state index in [9.17, 15) is 0 Å². The number of allylic oxidation sites excluding steroid dienone is 4. The highest BCUT2D eigenvalue weighted by atomic mass is 15.2. The summed E-state index contributed by atoms with van der Waals surface area (Å²) in [5, 5.41) is 7.69. The minimum Gasteiger partial charge on any atom is -0.342 e. The zero-order valence-electron chi connectivity index (χ0n) is 40.7. The van der Waals surface area contributed by atoms with Gasteiger partial charge in [0.25, 0.3) is 0 Å². The number of aryl methyl sites for hydroxylation is 2. The van der Waals surface area contributed by atoms with E-state index in [4.69, 9.17) is 0 Å². The second kappa shape index (κ2) is 14.7. The lowest BCUT2D eigenvalue weighted by atomic mass is 9.82. The van der Waals surface area contributed by atoms with Crippen LogP contribution in [-0.4, -0.2) is 9.13 Å². The molecular weight excluding hydrogens is 849 g/mol. The first-order chi connectivity index (χ1) is 34.1. The van der Waals surface area contributed by atoms with Crippen LogP contribution in [0.3, 0.4) is 0 Å². The highest BCUT2D eigenvalue weighted by molar-refractivity contribution is 6.36. The van der Waals surface area contributed by atoms with Crippen LogP contribution >= 0.6 is 0 Å². The lowest BCUT2D eigenvalue weighted by molar-refractivity contribution is 0.660. The van der Waals surface area contributed by atoms with Crippen molar-refractivity contribution in [2.45, 2.75) is 51.4 Å².